The van der Waals surface area contributed by atoms with Gasteiger partial charge in [0.25, 0.3) is 0 Å². The van der Waals surface area contributed by atoms with Crippen molar-refractivity contribution in [2.75, 3.05) is 0 Å². The largest absolute Gasteiger partial charge is 0.0950 e. The van der Waals surface area contributed by atoms with Crippen molar-refractivity contribution in [2.24, 2.45) is 11.8 Å². The fraction of sp³-hybridized carbons (Fsp3) is 0.500. The molecule has 0 aromatic carbocycles. The average molecular weight is 220 g/mol. The Balaban J connectivity index is 0. The van der Waals surface area contributed by atoms with Gasteiger partial charge in [-0.05, 0) is 34.1 Å². The van der Waals surface area contributed by atoms with Gasteiger partial charge in [-0.1, -0.05) is 67.9 Å². The molecule has 0 heteroatoms. The second-order valence-corrected chi connectivity index (χ2v) is 4.32. The third kappa shape index (κ3) is 5.16. The van der Waals surface area contributed by atoms with Gasteiger partial charge in [0.05, 0.1) is 0 Å². The van der Waals surface area contributed by atoms with E-state index in [0.29, 0.717) is 11.8 Å². The summed E-state index contributed by atoms with van der Waals surface area (Å²) in [6.07, 6.45) is 0. The van der Waals surface area contributed by atoms with Crippen LogP contribution in [0.2, 0.25) is 0 Å². The van der Waals surface area contributed by atoms with Gasteiger partial charge in [-0.3, -0.25) is 0 Å². The van der Waals surface area contributed by atoms with Gasteiger partial charge < -0.3 is 0 Å². The molecule has 0 radical (unpaired) electrons. The molecule has 0 fully saturated rings. The average Bonchev–Trinajstić information content (AvgIpc) is 2.27. The zero-order valence-corrected chi connectivity index (χ0v) is 12.0. The molecule has 0 aliphatic heterocycles. The van der Waals surface area contributed by atoms with E-state index in [1.165, 1.54) is 0 Å². The first-order chi connectivity index (χ1) is 7.29. The van der Waals surface area contributed by atoms with Crippen molar-refractivity contribution in [3.63, 3.8) is 0 Å². The molecule has 0 aromatic heterocycles. The summed E-state index contributed by atoms with van der Waals surface area (Å²) in [5.41, 5.74) is 3.99. The lowest BCUT2D eigenvalue weighted by Crippen LogP contribution is -2.03. The summed E-state index contributed by atoms with van der Waals surface area (Å²) < 4.78 is 0. The minimum Gasteiger partial charge on any atom is -0.0950 e. The molecule has 0 amide bonds. The van der Waals surface area contributed by atoms with Gasteiger partial charge in [0.15, 0.2) is 0 Å². The predicted molar refractivity (Wildman–Crippen MR) is 77.6 cm³/mol. The molecule has 0 heterocycles. The molecule has 0 aliphatic rings. The van der Waals surface area contributed by atoms with E-state index in [0.717, 1.165) is 22.3 Å². The van der Waals surface area contributed by atoms with Crippen molar-refractivity contribution in [1.29, 1.82) is 0 Å². The molecule has 0 aliphatic carbocycles. The van der Waals surface area contributed by atoms with E-state index in [9.17, 15) is 0 Å². The van der Waals surface area contributed by atoms with Crippen LogP contribution in [0.4, 0.5) is 0 Å². The van der Waals surface area contributed by atoms with Crippen LogP contribution in [0.15, 0.2) is 48.6 Å². The summed E-state index contributed by atoms with van der Waals surface area (Å²) in [4.78, 5) is 0. The Hall–Kier alpha value is -1.04. The highest BCUT2D eigenvalue weighted by atomic mass is 14.2. The van der Waals surface area contributed by atoms with Crippen molar-refractivity contribution in [3.05, 3.63) is 48.6 Å². The van der Waals surface area contributed by atoms with Crippen LogP contribution in [0.1, 0.15) is 41.5 Å². The van der Waals surface area contributed by atoms with Gasteiger partial charge in [0.1, 0.15) is 0 Å². The van der Waals surface area contributed by atoms with E-state index in [4.69, 9.17) is 0 Å². The quantitative estimate of drug-likeness (QED) is 0.533. The van der Waals surface area contributed by atoms with Crippen molar-refractivity contribution < 1.29 is 0 Å². The smallest absolute Gasteiger partial charge is 0.0219 e. The third-order valence-electron chi connectivity index (χ3n) is 2.53. The van der Waals surface area contributed by atoms with Gasteiger partial charge >= 0.3 is 0 Å². The standard InChI is InChI=1S/C14H22.C2H6/c1-9(2)11(5)13(7)14(8)12(6)10(3)4;1-2/h9-10H,5-8H2,1-4H3;1-2H3. The first-order valence-electron chi connectivity index (χ1n) is 6.05. The van der Waals surface area contributed by atoms with E-state index in [1.807, 2.05) is 13.8 Å². The molecule has 0 aromatic rings. The van der Waals surface area contributed by atoms with Crippen LogP contribution in [0, 0.1) is 11.8 Å². The Morgan fingerprint density at radius 2 is 0.812 bits per heavy atom. The minimum absolute atomic E-state index is 0.416. The Morgan fingerprint density at radius 3 is 0.938 bits per heavy atom. The SMILES string of the molecule is C=C(C(=C)C(=C)C(C)C)C(=C)C(C)C.CC. The highest BCUT2D eigenvalue weighted by Crippen LogP contribution is 2.28. The zero-order chi connectivity index (χ0) is 13.5. The molecule has 0 saturated carbocycles. The molecule has 0 nitrogen and oxygen atoms in total. The summed E-state index contributed by atoms with van der Waals surface area (Å²) in [5.74, 6) is 0.832. The Kier molecular flexibility index (Phi) is 8.84. The number of hydrogen-bond donors (Lipinski definition) is 0. The van der Waals surface area contributed by atoms with Crippen molar-refractivity contribution >= 4 is 0 Å². The Labute approximate surface area is 102 Å². The molecule has 92 valence electrons. The Morgan fingerprint density at radius 1 is 0.625 bits per heavy atom. The second-order valence-electron chi connectivity index (χ2n) is 4.32. The minimum atomic E-state index is 0.416. The molecular formula is C16H28. The monoisotopic (exact) mass is 220 g/mol. The lowest BCUT2D eigenvalue weighted by Gasteiger charge is -2.18. The fourth-order valence-electron chi connectivity index (χ4n) is 1.08. The van der Waals surface area contributed by atoms with Gasteiger partial charge in [0.2, 0.25) is 0 Å². The Bertz CT molecular complexity index is 244. The molecule has 0 unspecified atom stereocenters. The molecule has 0 N–H and O–H groups in total. The van der Waals surface area contributed by atoms with Gasteiger partial charge in [0, 0.05) is 0 Å². The van der Waals surface area contributed by atoms with Gasteiger partial charge in [-0.25, -0.2) is 0 Å². The van der Waals surface area contributed by atoms with Gasteiger partial charge in [-0.15, -0.1) is 0 Å². The summed E-state index contributed by atoms with van der Waals surface area (Å²) >= 11 is 0. The predicted octanol–water partition coefficient (Wildman–Crippen LogP) is 5.55. The highest BCUT2D eigenvalue weighted by Gasteiger charge is 2.12. The lowest BCUT2D eigenvalue weighted by molar-refractivity contribution is 0.765. The number of allylic oxidation sites excluding steroid dienone is 4. The molecular weight excluding hydrogens is 192 g/mol. The normalized spacial score (nSPS) is 9.50. The number of rotatable bonds is 5. The summed E-state index contributed by atoms with van der Waals surface area (Å²) in [6.45, 7) is 28.5. The molecule has 16 heavy (non-hydrogen) atoms. The molecule has 0 atom stereocenters. The van der Waals surface area contributed by atoms with Crippen molar-refractivity contribution in [1.82, 2.24) is 0 Å². The first kappa shape index (κ1) is 17.4. The lowest BCUT2D eigenvalue weighted by atomic mass is 9.86. The highest BCUT2D eigenvalue weighted by molar-refractivity contribution is 5.52. The molecule has 0 spiro atoms. The maximum Gasteiger partial charge on any atom is -0.0219 e. The molecule has 0 saturated heterocycles. The van der Waals surface area contributed by atoms with E-state index < -0.39 is 0 Å². The van der Waals surface area contributed by atoms with Crippen LogP contribution < -0.4 is 0 Å². The topological polar surface area (TPSA) is 0 Å². The summed E-state index contributed by atoms with van der Waals surface area (Å²) in [6, 6.07) is 0. The van der Waals surface area contributed by atoms with Gasteiger partial charge in [-0.2, -0.15) is 0 Å². The summed E-state index contributed by atoms with van der Waals surface area (Å²) in [7, 11) is 0. The van der Waals surface area contributed by atoms with Crippen LogP contribution in [-0.4, -0.2) is 0 Å². The number of hydrogen-bond acceptors (Lipinski definition) is 0. The van der Waals surface area contributed by atoms with Crippen molar-refractivity contribution in [3.8, 4) is 0 Å². The van der Waals surface area contributed by atoms with E-state index in [-0.39, 0.29) is 0 Å². The summed E-state index contributed by atoms with van der Waals surface area (Å²) in [5, 5.41) is 0. The van der Waals surface area contributed by atoms with Crippen LogP contribution in [0.3, 0.4) is 0 Å². The van der Waals surface area contributed by atoms with E-state index in [1.54, 1.807) is 0 Å². The fourth-order valence-corrected chi connectivity index (χ4v) is 1.08. The van der Waals surface area contributed by atoms with Crippen LogP contribution >= 0.6 is 0 Å². The molecule has 0 rings (SSSR count). The maximum atomic E-state index is 4.02. The first-order valence-corrected chi connectivity index (χ1v) is 6.05. The van der Waals surface area contributed by atoms with Crippen LogP contribution in [0.5, 0.6) is 0 Å². The maximum absolute atomic E-state index is 4.02. The van der Waals surface area contributed by atoms with Crippen molar-refractivity contribution in [2.45, 2.75) is 41.5 Å². The van der Waals surface area contributed by atoms with Crippen LogP contribution in [-0.2, 0) is 0 Å². The molecule has 0 bridgehead atoms. The van der Waals surface area contributed by atoms with Crippen LogP contribution in [0.25, 0.3) is 0 Å². The zero-order valence-electron chi connectivity index (χ0n) is 12.0. The second kappa shape index (κ2) is 8.15. The van der Waals surface area contributed by atoms with E-state index >= 15 is 0 Å². The van der Waals surface area contributed by atoms with E-state index in [2.05, 4.69) is 54.0 Å². The third-order valence-corrected chi connectivity index (χ3v) is 2.53.